The minimum Gasteiger partial charge on any atom is -0.455 e. The molecule has 0 aliphatic rings. The van der Waals surface area contributed by atoms with E-state index in [0.717, 1.165) is 22.1 Å². The van der Waals surface area contributed by atoms with Crippen LogP contribution in [0.25, 0.3) is 22.6 Å². The van der Waals surface area contributed by atoms with Crippen LogP contribution in [0.5, 0.6) is 0 Å². The Labute approximate surface area is 227 Å². The first-order chi connectivity index (χ1) is 18.0. The summed E-state index contributed by atoms with van der Waals surface area (Å²) in [4.78, 5) is 17.2. The number of halogens is 2. The Morgan fingerprint density at radius 1 is 1.00 bits per heavy atom. The SMILES string of the molecule is Cc1ccc(Nc2nc(-c3ccc(C(=O)N/N=C\c4ccc(-c5cccc(Cl)c5Cl)o4)cc3)cs2)cc1. The van der Waals surface area contributed by atoms with Crippen molar-refractivity contribution in [3.63, 3.8) is 0 Å². The van der Waals surface area contributed by atoms with Gasteiger partial charge in [0.2, 0.25) is 0 Å². The van der Waals surface area contributed by atoms with Crippen molar-refractivity contribution in [3.05, 3.63) is 111 Å². The van der Waals surface area contributed by atoms with Crippen molar-refractivity contribution >= 4 is 57.5 Å². The monoisotopic (exact) mass is 546 g/mol. The Morgan fingerprint density at radius 3 is 2.57 bits per heavy atom. The molecule has 0 saturated carbocycles. The van der Waals surface area contributed by atoms with Crippen molar-refractivity contribution in [2.45, 2.75) is 6.92 Å². The van der Waals surface area contributed by atoms with E-state index in [0.29, 0.717) is 32.7 Å². The summed E-state index contributed by atoms with van der Waals surface area (Å²) >= 11 is 13.8. The maximum absolute atomic E-state index is 12.5. The molecule has 1 amide bonds. The zero-order valence-electron chi connectivity index (χ0n) is 19.5. The number of nitrogens with one attached hydrogen (secondary N) is 2. The van der Waals surface area contributed by atoms with Crippen LogP contribution in [0.1, 0.15) is 21.7 Å². The lowest BCUT2D eigenvalue weighted by atomic mass is 10.1. The van der Waals surface area contributed by atoms with Crippen LogP contribution in [-0.2, 0) is 0 Å². The largest absolute Gasteiger partial charge is 0.455 e. The molecule has 184 valence electrons. The lowest BCUT2D eigenvalue weighted by Crippen LogP contribution is -2.17. The normalized spacial score (nSPS) is 11.1. The molecule has 6 nitrogen and oxygen atoms in total. The molecule has 0 fully saturated rings. The highest BCUT2D eigenvalue weighted by Crippen LogP contribution is 2.34. The number of benzene rings is 3. The summed E-state index contributed by atoms with van der Waals surface area (Å²) in [6.45, 7) is 2.05. The molecule has 0 bridgehead atoms. The summed E-state index contributed by atoms with van der Waals surface area (Å²) in [7, 11) is 0. The number of carbonyl (C=O) groups excluding carboxylic acids is 1. The van der Waals surface area contributed by atoms with Gasteiger partial charge in [0.25, 0.3) is 5.91 Å². The zero-order valence-corrected chi connectivity index (χ0v) is 21.9. The first-order valence-electron chi connectivity index (χ1n) is 11.2. The Kier molecular flexibility index (Phi) is 7.37. The Balaban J connectivity index is 1.19. The van der Waals surface area contributed by atoms with E-state index in [1.165, 1.54) is 23.1 Å². The number of hydrogen-bond donors (Lipinski definition) is 2. The van der Waals surface area contributed by atoms with Crippen molar-refractivity contribution in [1.82, 2.24) is 10.4 Å². The van der Waals surface area contributed by atoms with Crippen LogP contribution >= 0.6 is 34.5 Å². The highest BCUT2D eigenvalue weighted by Gasteiger charge is 2.11. The van der Waals surface area contributed by atoms with Crippen LogP contribution in [0.3, 0.4) is 0 Å². The fraction of sp³-hybridized carbons (Fsp3) is 0.0357. The first kappa shape index (κ1) is 24.8. The van der Waals surface area contributed by atoms with Gasteiger partial charge in [-0.3, -0.25) is 4.79 Å². The molecular weight excluding hydrogens is 527 g/mol. The van der Waals surface area contributed by atoms with Crippen molar-refractivity contribution in [2.24, 2.45) is 5.10 Å². The molecular formula is C28H20Cl2N4O2S. The number of rotatable bonds is 7. The van der Waals surface area contributed by atoms with Gasteiger partial charge in [-0.1, -0.05) is 59.1 Å². The van der Waals surface area contributed by atoms with Gasteiger partial charge in [-0.25, -0.2) is 10.4 Å². The molecule has 0 atom stereocenters. The predicted molar refractivity (Wildman–Crippen MR) is 151 cm³/mol. The molecule has 2 aromatic heterocycles. The fourth-order valence-electron chi connectivity index (χ4n) is 3.50. The van der Waals surface area contributed by atoms with Crippen LogP contribution < -0.4 is 10.7 Å². The second-order valence-electron chi connectivity index (χ2n) is 8.11. The minimum atomic E-state index is -0.340. The number of aryl methyl sites for hydroxylation is 1. The molecule has 0 saturated heterocycles. The molecule has 5 aromatic rings. The quantitative estimate of drug-likeness (QED) is 0.159. The minimum absolute atomic E-state index is 0.340. The molecule has 0 radical (unpaired) electrons. The molecule has 5 rings (SSSR count). The van der Waals surface area contributed by atoms with E-state index >= 15 is 0 Å². The third-order valence-corrected chi connectivity index (χ3v) is 7.03. The van der Waals surface area contributed by atoms with Gasteiger partial charge in [0.05, 0.1) is 22.0 Å². The van der Waals surface area contributed by atoms with Gasteiger partial charge < -0.3 is 9.73 Å². The van der Waals surface area contributed by atoms with Gasteiger partial charge in [-0.05, 0) is 55.5 Å². The maximum atomic E-state index is 12.5. The van der Waals surface area contributed by atoms with E-state index < -0.39 is 0 Å². The second-order valence-corrected chi connectivity index (χ2v) is 9.75. The number of carbonyl (C=O) groups is 1. The van der Waals surface area contributed by atoms with Crippen LogP contribution in [0.2, 0.25) is 10.0 Å². The summed E-state index contributed by atoms with van der Waals surface area (Å²) < 4.78 is 5.75. The molecule has 0 unspecified atom stereocenters. The van der Waals surface area contributed by atoms with E-state index in [1.807, 2.05) is 47.8 Å². The van der Waals surface area contributed by atoms with Gasteiger partial charge in [0.1, 0.15) is 11.5 Å². The molecule has 9 heteroatoms. The summed E-state index contributed by atoms with van der Waals surface area (Å²) in [5, 5.41) is 10.9. The topological polar surface area (TPSA) is 79.5 Å². The number of thiazole rings is 1. The number of hydrazone groups is 1. The molecule has 0 aliphatic heterocycles. The van der Waals surface area contributed by atoms with Crippen molar-refractivity contribution < 1.29 is 9.21 Å². The first-order valence-corrected chi connectivity index (χ1v) is 12.9. The van der Waals surface area contributed by atoms with Gasteiger partial charge in [0.15, 0.2) is 5.13 Å². The predicted octanol–water partition coefficient (Wildman–Crippen LogP) is 8.19. The molecule has 2 N–H and O–H groups in total. The lowest BCUT2D eigenvalue weighted by Gasteiger charge is -2.03. The Morgan fingerprint density at radius 2 is 1.78 bits per heavy atom. The smallest absolute Gasteiger partial charge is 0.271 e. The highest BCUT2D eigenvalue weighted by molar-refractivity contribution is 7.14. The van der Waals surface area contributed by atoms with Crippen LogP contribution in [-0.4, -0.2) is 17.1 Å². The zero-order chi connectivity index (χ0) is 25.8. The van der Waals surface area contributed by atoms with Gasteiger partial charge in [-0.15, -0.1) is 11.3 Å². The summed E-state index contributed by atoms with van der Waals surface area (Å²) in [6, 6.07) is 24.1. The number of aromatic nitrogens is 1. The molecule has 3 aromatic carbocycles. The number of amides is 1. The standard InChI is InChI=1S/C28H20Cl2N4O2S/c1-17-5-11-20(12-6-17)32-28-33-24(16-37-28)18-7-9-19(10-8-18)27(35)34-31-15-21-13-14-25(36-21)22-3-2-4-23(29)26(22)30/h2-16H,1H3,(H,32,33)(H,34,35)/b31-15-. The number of hydrogen-bond acceptors (Lipinski definition) is 6. The maximum Gasteiger partial charge on any atom is 0.271 e. The Hall–Kier alpha value is -3.91. The number of nitrogens with zero attached hydrogens (tertiary/aromatic N) is 2. The van der Waals surface area contributed by atoms with E-state index in [1.54, 1.807) is 36.4 Å². The third kappa shape index (κ3) is 5.91. The van der Waals surface area contributed by atoms with Crippen molar-refractivity contribution in [2.75, 3.05) is 5.32 Å². The third-order valence-electron chi connectivity index (χ3n) is 5.45. The van der Waals surface area contributed by atoms with Crippen LogP contribution in [0.4, 0.5) is 10.8 Å². The average molecular weight is 547 g/mol. The summed E-state index contributed by atoms with van der Waals surface area (Å²) in [6.07, 6.45) is 1.42. The molecule has 0 aliphatic carbocycles. The van der Waals surface area contributed by atoms with Crippen LogP contribution in [0, 0.1) is 6.92 Å². The molecule has 37 heavy (non-hydrogen) atoms. The van der Waals surface area contributed by atoms with Crippen molar-refractivity contribution in [1.29, 1.82) is 0 Å². The Bertz CT molecular complexity index is 1570. The summed E-state index contributed by atoms with van der Waals surface area (Å²) in [5.74, 6) is 0.669. The number of anilines is 2. The van der Waals surface area contributed by atoms with Gasteiger partial charge in [-0.2, -0.15) is 5.10 Å². The summed E-state index contributed by atoms with van der Waals surface area (Å²) in [5.41, 5.74) is 7.59. The molecule has 0 spiro atoms. The van der Waals surface area contributed by atoms with Crippen LogP contribution in [0.15, 0.2) is 93.8 Å². The van der Waals surface area contributed by atoms with Gasteiger partial charge in [0, 0.05) is 27.8 Å². The average Bonchev–Trinajstić information content (AvgIpc) is 3.57. The van der Waals surface area contributed by atoms with E-state index in [9.17, 15) is 4.79 Å². The van der Waals surface area contributed by atoms with E-state index in [2.05, 4.69) is 27.8 Å². The van der Waals surface area contributed by atoms with E-state index in [4.69, 9.17) is 27.6 Å². The van der Waals surface area contributed by atoms with Gasteiger partial charge >= 0.3 is 0 Å². The second kappa shape index (κ2) is 11.0. The lowest BCUT2D eigenvalue weighted by molar-refractivity contribution is 0.0955. The fourth-order valence-corrected chi connectivity index (χ4v) is 4.63. The highest BCUT2D eigenvalue weighted by atomic mass is 35.5. The van der Waals surface area contributed by atoms with E-state index in [-0.39, 0.29) is 5.91 Å². The van der Waals surface area contributed by atoms with Crippen molar-refractivity contribution in [3.8, 4) is 22.6 Å². The molecule has 2 heterocycles. The number of furan rings is 1.